The van der Waals surface area contributed by atoms with Crippen LogP contribution in [0.3, 0.4) is 0 Å². The predicted octanol–water partition coefficient (Wildman–Crippen LogP) is 0.666. The van der Waals surface area contributed by atoms with Crippen molar-refractivity contribution in [1.29, 1.82) is 0 Å². The molecule has 0 saturated heterocycles. The molecule has 1 unspecified atom stereocenters. The molecule has 1 amide bonds. The smallest absolute Gasteiger partial charge is 0.325 e. The molecular weight excluding hydrogens is 220 g/mol. The zero-order valence-corrected chi connectivity index (χ0v) is 9.59. The third-order valence-electron chi connectivity index (χ3n) is 2.38. The third-order valence-corrected chi connectivity index (χ3v) is 2.38. The summed E-state index contributed by atoms with van der Waals surface area (Å²) in [5.74, 6) is -1.43. The van der Waals surface area contributed by atoms with Gasteiger partial charge in [0.25, 0.3) is 0 Å². The lowest BCUT2D eigenvalue weighted by Gasteiger charge is -2.13. The normalized spacial score (nSPS) is 13.8. The Morgan fingerprint density at radius 3 is 2.47 bits per heavy atom. The van der Waals surface area contributed by atoms with Crippen LogP contribution in [0, 0.1) is 0 Å². The van der Waals surface area contributed by atoms with Crippen LogP contribution in [-0.2, 0) is 9.59 Å². The standard InChI is InChI=1S/C12H16N2O3/c1-8(12(16)17)14-11(15)7-10(13)9-5-3-2-4-6-9/h2-6,8,10H,7,13H2,1H3,(H,14,15)(H,16,17)/t8-,10?/m0/s1. The molecule has 0 aromatic heterocycles. The third kappa shape index (κ3) is 4.24. The Balaban J connectivity index is 2.49. The molecule has 17 heavy (non-hydrogen) atoms. The molecule has 1 rings (SSSR count). The highest BCUT2D eigenvalue weighted by Crippen LogP contribution is 2.12. The Hall–Kier alpha value is -1.88. The van der Waals surface area contributed by atoms with Gasteiger partial charge in [-0.1, -0.05) is 30.3 Å². The van der Waals surface area contributed by atoms with Gasteiger partial charge in [-0.25, -0.2) is 0 Å². The molecule has 2 atom stereocenters. The fraction of sp³-hybridized carbons (Fsp3) is 0.333. The first-order chi connectivity index (χ1) is 8.00. The molecule has 0 saturated carbocycles. The lowest BCUT2D eigenvalue weighted by atomic mass is 10.0. The number of nitrogens with two attached hydrogens (primary N) is 1. The van der Waals surface area contributed by atoms with Crippen molar-refractivity contribution in [2.24, 2.45) is 5.73 Å². The number of carboxylic acid groups (broad SMARTS) is 1. The van der Waals surface area contributed by atoms with E-state index < -0.39 is 18.1 Å². The van der Waals surface area contributed by atoms with Crippen LogP contribution in [-0.4, -0.2) is 23.0 Å². The average molecular weight is 236 g/mol. The van der Waals surface area contributed by atoms with E-state index in [0.717, 1.165) is 5.56 Å². The van der Waals surface area contributed by atoms with Crippen molar-refractivity contribution in [2.45, 2.75) is 25.4 Å². The molecule has 1 aromatic carbocycles. The SMILES string of the molecule is C[C@H](NC(=O)CC(N)c1ccccc1)C(=O)O. The Kier molecular flexibility index (Phi) is 4.66. The molecule has 0 aliphatic rings. The highest BCUT2D eigenvalue weighted by atomic mass is 16.4. The first-order valence-electron chi connectivity index (χ1n) is 5.33. The number of hydrogen-bond acceptors (Lipinski definition) is 3. The van der Waals surface area contributed by atoms with E-state index in [0.29, 0.717) is 0 Å². The quantitative estimate of drug-likeness (QED) is 0.700. The summed E-state index contributed by atoms with van der Waals surface area (Å²) in [4.78, 5) is 22.0. The molecule has 0 aliphatic heterocycles. The van der Waals surface area contributed by atoms with Gasteiger partial charge < -0.3 is 16.2 Å². The van der Waals surface area contributed by atoms with Crippen LogP contribution < -0.4 is 11.1 Å². The van der Waals surface area contributed by atoms with E-state index in [-0.39, 0.29) is 12.3 Å². The minimum absolute atomic E-state index is 0.0711. The largest absolute Gasteiger partial charge is 0.480 e. The predicted molar refractivity (Wildman–Crippen MR) is 63.2 cm³/mol. The number of benzene rings is 1. The van der Waals surface area contributed by atoms with Crippen molar-refractivity contribution in [3.8, 4) is 0 Å². The summed E-state index contributed by atoms with van der Waals surface area (Å²) in [5, 5.41) is 11.0. The van der Waals surface area contributed by atoms with Gasteiger partial charge >= 0.3 is 5.97 Å². The average Bonchev–Trinajstić information content (AvgIpc) is 2.29. The van der Waals surface area contributed by atoms with E-state index in [1.807, 2.05) is 30.3 Å². The van der Waals surface area contributed by atoms with Crippen molar-refractivity contribution < 1.29 is 14.7 Å². The highest BCUT2D eigenvalue weighted by molar-refractivity contribution is 5.83. The van der Waals surface area contributed by atoms with Crippen molar-refractivity contribution >= 4 is 11.9 Å². The number of carbonyl (C=O) groups excluding carboxylic acids is 1. The maximum atomic E-state index is 11.5. The summed E-state index contributed by atoms with van der Waals surface area (Å²) in [6.45, 7) is 1.41. The molecular formula is C12H16N2O3. The molecule has 4 N–H and O–H groups in total. The van der Waals surface area contributed by atoms with Crippen LogP contribution >= 0.6 is 0 Å². The second-order valence-corrected chi connectivity index (χ2v) is 3.85. The van der Waals surface area contributed by atoms with E-state index in [4.69, 9.17) is 10.8 Å². The molecule has 0 bridgehead atoms. The molecule has 1 aromatic rings. The molecule has 0 spiro atoms. The fourth-order valence-corrected chi connectivity index (χ4v) is 1.38. The molecule has 0 aliphatic carbocycles. The van der Waals surface area contributed by atoms with Crippen LogP contribution in [0.4, 0.5) is 0 Å². The Bertz CT molecular complexity index is 392. The summed E-state index contributed by atoms with van der Waals surface area (Å²) in [6.07, 6.45) is 0.0711. The highest BCUT2D eigenvalue weighted by Gasteiger charge is 2.16. The maximum Gasteiger partial charge on any atom is 0.325 e. The van der Waals surface area contributed by atoms with E-state index in [9.17, 15) is 9.59 Å². The maximum absolute atomic E-state index is 11.5. The van der Waals surface area contributed by atoms with Crippen molar-refractivity contribution in [3.63, 3.8) is 0 Å². The summed E-state index contributed by atoms with van der Waals surface area (Å²) < 4.78 is 0. The second-order valence-electron chi connectivity index (χ2n) is 3.85. The first kappa shape index (κ1) is 13.2. The lowest BCUT2D eigenvalue weighted by Crippen LogP contribution is -2.39. The lowest BCUT2D eigenvalue weighted by molar-refractivity contribution is -0.141. The van der Waals surface area contributed by atoms with Crippen LogP contribution in [0.2, 0.25) is 0 Å². The van der Waals surface area contributed by atoms with Gasteiger partial charge in [-0.3, -0.25) is 9.59 Å². The molecule has 5 nitrogen and oxygen atoms in total. The summed E-state index contributed by atoms with van der Waals surface area (Å²) in [5.41, 5.74) is 6.69. The molecule has 5 heteroatoms. The van der Waals surface area contributed by atoms with Gasteiger partial charge in [0.2, 0.25) is 5.91 Å². The number of amides is 1. The zero-order valence-electron chi connectivity index (χ0n) is 9.59. The van der Waals surface area contributed by atoms with E-state index in [1.165, 1.54) is 6.92 Å². The fourth-order valence-electron chi connectivity index (χ4n) is 1.38. The van der Waals surface area contributed by atoms with Crippen LogP contribution in [0.1, 0.15) is 24.9 Å². The molecule has 0 radical (unpaired) electrons. The summed E-state index contributed by atoms with van der Waals surface area (Å²) >= 11 is 0. The van der Waals surface area contributed by atoms with Crippen molar-refractivity contribution in [2.75, 3.05) is 0 Å². The van der Waals surface area contributed by atoms with E-state index >= 15 is 0 Å². The minimum Gasteiger partial charge on any atom is -0.480 e. The van der Waals surface area contributed by atoms with E-state index in [1.54, 1.807) is 0 Å². The van der Waals surface area contributed by atoms with Crippen LogP contribution in [0.25, 0.3) is 0 Å². The topological polar surface area (TPSA) is 92.4 Å². The van der Waals surface area contributed by atoms with Gasteiger partial charge in [0.1, 0.15) is 6.04 Å². The second kappa shape index (κ2) is 6.00. The number of nitrogens with one attached hydrogen (secondary N) is 1. The summed E-state index contributed by atoms with van der Waals surface area (Å²) in [7, 11) is 0. The Morgan fingerprint density at radius 2 is 1.94 bits per heavy atom. The monoisotopic (exact) mass is 236 g/mol. The molecule has 0 fully saturated rings. The van der Waals surface area contributed by atoms with Crippen molar-refractivity contribution in [3.05, 3.63) is 35.9 Å². The first-order valence-corrected chi connectivity index (χ1v) is 5.33. The Labute approximate surface area is 99.6 Å². The molecule has 0 heterocycles. The van der Waals surface area contributed by atoms with E-state index in [2.05, 4.69) is 5.32 Å². The van der Waals surface area contributed by atoms with Gasteiger partial charge in [-0.05, 0) is 12.5 Å². The van der Waals surface area contributed by atoms with Gasteiger partial charge in [0.15, 0.2) is 0 Å². The number of carbonyl (C=O) groups is 2. The Morgan fingerprint density at radius 1 is 1.35 bits per heavy atom. The van der Waals surface area contributed by atoms with Crippen LogP contribution in [0.15, 0.2) is 30.3 Å². The number of rotatable bonds is 5. The van der Waals surface area contributed by atoms with Crippen LogP contribution in [0.5, 0.6) is 0 Å². The van der Waals surface area contributed by atoms with Gasteiger partial charge in [-0.15, -0.1) is 0 Å². The minimum atomic E-state index is -1.06. The number of aliphatic carboxylic acids is 1. The number of carboxylic acids is 1. The van der Waals surface area contributed by atoms with Crippen molar-refractivity contribution in [1.82, 2.24) is 5.32 Å². The van der Waals surface area contributed by atoms with Gasteiger partial charge in [0, 0.05) is 12.5 Å². The van der Waals surface area contributed by atoms with Gasteiger partial charge in [0.05, 0.1) is 0 Å². The summed E-state index contributed by atoms with van der Waals surface area (Å²) in [6, 6.07) is 7.89. The van der Waals surface area contributed by atoms with Gasteiger partial charge in [-0.2, -0.15) is 0 Å². The zero-order chi connectivity index (χ0) is 12.8. The molecule has 92 valence electrons. The number of hydrogen-bond donors (Lipinski definition) is 3.